The molecule has 0 aliphatic rings. The highest BCUT2D eigenvalue weighted by molar-refractivity contribution is 8.13. The molecule has 0 amide bonds. The molecule has 0 aliphatic carbocycles. The van der Waals surface area contributed by atoms with Crippen LogP contribution in [-0.4, -0.2) is 21.6 Å². The number of aromatic nitrogens is 2. The van der Waals surface area contributed by atoms with E-state index in [0.29, 0.717) is 18.3 Å². The number of ether oxygens (including phenoxy) is 1. The number of thioether (sulfide) groups is 1. The molecule has 5 nitrogen and oxygen atoms in total. The average molecular weight is 381 g/mol. The van der Waals surface area contributed by atoms with E-state index in [-0.39, 0.29) is 5.17 Å². The summed E-state index contributed by atoms with van der Waals surface area (Å²) in [6.45, 7) is 4.95. The van der Waals surface area contributed by atoms with Crippen LogP contribution in [0.3, 0.4) is 0 Å². The van der Waals surface area contributed by atoms with Crippen molar-refractivity contribution in [3.05, 3.63) is 66.4 Å². The van der Waals surface area contributed by atoms with Crippen LogP contribution >= 0.6 is 11.8 Å². The lowest BCUT2D eigenvalue weighted by Gasteiger charge is -2.09. The largest absolute Gasteiger partial charge is 0.493 e. The first kappa shape index (κ1) is 19.0. The number of hydrogen-bond donors (Lipinski definition) is 2. The maximum Gasteiger partial charge on any atom is 0.151 e. The Balaban J connectivity index is 1.90. The molecule has 0 spiro atoms. The number of para-hydroxylation sites is 1. The van der Waals surface area contributed by atoms with Gasteiger partial charge in [0.2, 0.25) is 0 Å². The van der Waals surface area contributed by atoms with Crippen molar-refractivity contribution in [1.82, 2.24) is 9.78 Å². The second-order valence-corrected chi connectivity index (χ2v) is 7.68. The molecule has 0 unspecified atom stereocenters. The van der Waals surface area contributed by atoms with Crippen molar-refractivity contribution >= 4 is 16.9 Å². The van der Waals surface area contributed by atoms with Gasteiger partial charge in [0, 0.05) is 23.1 Å². The van der Waals surface area contributed by atoms with Crippen molar-refractivity contribution in [1.29, 1.82) is 5.41 Å². The summed E-state index contributed by atoms with van der Waals surface area (Å²) in [6, 6.07) is 18.0. The summed E-state index contributed by atoms with van der Waals surface area (Å²) in [5.74, 6) is 1.94. The molecule has 0 aliphatic heterocycles. The second-order valence-electron chi connectivity index (χ2n) is 6.67. The molecule has 0 radical (unpaired) electrons. The van der Waals surface area contributed by atoms with Gasteiger partial charge < -0.3 is 10.5 Å². The highest BCUT2D eigenvalue weighted by Gasteiger charge is 2.13. The third-order valence-corrected chi connectivity index (χ3v) is 4.67. The van der Waals surface area contributed by atoms with Gasteiger partial charge in [0.1, 0.15) is 5.75 Å². The highest BCUT2D eigenvalue weighted by atomic mass is 32.2. The minimum absolute atomic E-state index is 0.103. The minimum Gasteiger partial charge on any atom is -0.493 e. The molecule has 140 valence electrons. The monoisotopic (exact) mass is 380 g/mol. The van der Waals surface area contributed by atoms with Crippen LogP contribution in [0.2, 0.25) is 0 Å². The van der Waals surface area contributed by atoms with Crippen molar-refractivity contribution < 1.29 is 4.74 Å². The molecule has 0 bridgehead atoms. The summed E-state index contributed by atoms with van der Waals surface area (Å²) in [4.78, 5) is 0. The van der Waals surface area contributed by atoms with Crippen LogP contribution in [0.25, 0.3) is 16.9 Å². The van der Waals surface area contributed by atoms with Crippen molar-refractivity contribution in [3.63, 3.8) is 0 Å². The summed E-state index contributed by atoms with van der Waals surface area (Å²) in [5.41, 5.74) is 9.47. The van der Waals surface area contributed by atoms with Crippen molar-refractivity contribution in [2.45, 2.75) is 19.6 Å². The van der Waals surface area contributed by atoms with Gasteiger partial charge in [-0.15, -0.1) is 0 Å². The van der Waals surface area contributed by atoms with E-state index in [4.69, 9.17) is 21.0 Å². The predicted octanol–water partition coefficient (Wildman–Crippen LogP) is 4.70. The Kier molecular flexibility index (Phi) is 6.19. The van der Waals surface area contributed by atoms with Gasteiger partial charge in [0.15, 0.2) is 5.17 Å². The number of nitrogens with zero attached hydrogens (tertiary/aromatic N) is 2. The summed E-state index contributed by atoms with van der Waals surface area (Å²) in [7, 11) is 0. The maximum absolute atomic E-state index is 7.50. The van der Waals surface area contributed by atoms with E-state index >= 15 is 0 Å². The van der Waals surface area contributed by atoms with Crippen LogP contribution in [0, 0.1) is 11.3 Å². The van der Waals surface area contributed by atoms with E-state index in [1.54, 1.807) is 0 Å². The molecule has 0 atom stereocenters. The lowest BCUT2D eigenvalue weighted by Crippen LogP contribution is -2.04. The Bertz CT molecular complexity index is 888. The van der Waals surface area contributed by atoms with E-state index in [2.05, 4.69) is 13.8 Å². The Labute approximate surface area is 164 Å². The normalized spacial score (nSPS) is 10.9. The van der Waals surface area contributed by atoms with Crippen LogP contribution in [0.4, 0.5) is 0 Å². The minimum atomic E-state index is 0.103. The zero-order valence-electron chi connectivity index (χ0n) is 15.6. The van der Waals surface area contributed by atoms with E-state index in [9.17, 15) is 0 Å². The fraction of sp³-hybridized carbons (Fsp3) is 0.238. The van der Waals surface area contributed by atoms with Crippen molar-refractivity contribution in [3.8, 4) is 22.7 Å². The quantitative estimate of drug-likeness (QED) is 0.460. The molecular formula is C21H24N4OS. The summed E-state index contributed by atoms with van der Waals surface area (Å²) >= 11 is 1.30. The molecule has 6 heteroatoms. The lowest BCUT2D eigenvalue weighted by atomic mass is 10.1. The van der Waals surface area contributed by atoms with Gasteiger partial charge in [-0.1, -0.05) is 43.8 Å². The first-order chi connectivity index (χ1) is 13.0. The zero-order valence-corrected chi connectivity index (χ0v) is 16.4. The molecular weight excluding hydrogens is 356 g/mol. The maximum atomic E-state index is 7.50. The molecule has 1 heterocycles. The van der Waals surface area contributed by atoms with E-state index in [1.165, 1.54) is 11.8 Å². The standard InChI is InChI=1S/C21H24N4OS/c1-15(2)13-26-19-10-8-16(9-11-19)20-17(14-27-21(22)23)12-25(24-20)18-6-4-3-5-7-18/h3-12,15H,13-14H2,1-2H3,(H3,22,23). The Morgan fingerprint density at radius 1 is 1.15 bits per heavy atom. The molecule has 2 aromatic carbocycles. The molecule has 3 N–H and O–H groups in total. The fourth-order valence-corrected chi connectivity index (χ4v) is 3.12. The molecule has 27 heavy (non-hydrogen) atoms. The van der Waals surface area contributed by atoms with Crippen LogP contribution in [0.15, 0.2) is 60.8 Å². The topological polar surface area (TPSA) is 76.9 Å². The molecule has 1 aromatic heterocycles. The predicted molar refractivity (Wildman–Crippen MR) is 113 cm³/mol. The highest BCUT2D eigenvalue weighted by Crippen LogP contribution is 2.28. The van der Waals surface area contributed by atoms with Crippen molar-refractivity contribution in [2.75, 3.05) is 6.61 Å². The zero-order chi connectivity index (χ0) is 19.2. The molecule has 0 saturated carbocycles. The number of hydrogen-bond acceptors (Lipinski definition) is 4. The first-order valence-corrected chi connectivity index (χ1v) is 9.85. The summed E-state index contributed by atoms with van der Waals surface area (Å²) in [6.07, 6.45) is 2.00. The molecule has 3 rings (SSSR count). The average Bonchev–Trinajstić information content (AvgIpc) is 3.10. The summed E-state index contributed by atoms with van der Waals surface area (Å²) in [5, 5.41) is 12.4. The number of nitrogens with one attached hydrogen (secondary N) is 1. The number of rotatable bonds is 7. The van der Waals surface area contributed by atoms with E-state index in [0.717, 1.165) is 28.3 Å². The number of nitrogens with two attached hydrogens (primary N) is 1. The fourth-order valence-electron chi connectivity index (χ4n) is 2.60. The Morgan fingerprint density at radius 2 is 1.85 bits per heavy atom. The van der Waals surface area contributed by atoms with Gasteiger partial charge in [0.05, 0.1) is 18.0 Å². The summed E-state index contributed by atoms with van der Waals surface area (Å²) < 4.78 is 7.64. The first-order valence-electron chi connectivity index (χ1n) is 8.87. The van der Waals surface area contributed by atoms with Crippen LogP contribution < -0.4 is 10.5 Å². The van der Waals surface area contributed by atoms with Crippen LogP contribution in [-0.2, 0) is 5.75 Å². The number of benzene rings is 2. The third kappa shape index (κ3) is 5.14. The lowest BCUT2D eigenvalue weighted by molar-refractivity contribution is 0.271. The molecule has 3 aromatic rings. The molecule has 0 fully saturated rings. The van der Waals surface area contributed by atoms with E-state index in [1.807, 2.05) is 65.5 Å². The Hall–Kier alpha value is -2.73. The third-order valence-electron chi connectivity index (χ3n) is 3.91. The number of amidine groups is 1. The SMILES string of the molecule is CC(C)COc1ccc(-c2nn(-c3ccccc3)cc2CSC(=N)N)cc1. The van der Waals surface area contributed by atoms with Gasteiger partial charge in [-0.2, -0.15) is 5.10 Å². The molecule has 0 saturated heterocycles. The van der Waals surface area contributed by atoms with Gasteiger partial charge in [-0.3, -0.25) is 5.41 Å². The van der Waals surface area contributed by atoms with Gasteiger partial charge in [-0.05, 0) is 42.3 Å². The van der Waals surface area contributed by atoms with Crippen LogP contribution in [0.5, 0.6) is 5.75 Å². The Morgan fingerprint density at radius 3 is 2.48 bits per heavy atom. The smallest absolute Gasteiger partial charge is 0.151 e. The van der Waals surface area contributed by atoms with Crippen LogP contribution in [0.1, 0.15) is 19.4 Å². The van der Waals surface area contributed by atoms with Crippen molar-refractivity contribution in [2.24, 2.45) is 11.7 Å². The van der Waals surface area contributed by atoms with Gasteiger partial charge in [-0.25, -0.2) is 4.68 Å². The second kappa shape index (κ2) is 8.77. The van der Waals surface area contributed by atoms with Gasteiger partial charge >= 0.3 is 0 Å². The van der Waals surface area contributed by atoms with Gasteiger partial charge in [0.25, 0.3) is 0 Å². The van der Waals surface area contributed by atoms with E-state index < -0.39 is 0 Å².